The maximum absolute atomic E-state index is 13.0. The van der Waals surface area contributed by atoms with E-state index in [1.54, 1.807) is 50.6 Å². The number of aromatic hydroxyl groups is 1. The molecule has 6 aromatic rings. The highest BCUT2D eigenvalue weighted by molar-refractivity contribution is 5.98. The SMILES string of the molecule is COc1ncccc1-c1ccc(O)c(-c2nc3ccc(C(=O)NC(C)c4nc(-c5ccccc5)no4)cc3[nH]2)c1. The summed E-state index contributed by atoms with van der Waals surface area (Å²) in [5.41, 5.74) is 4.64. The van der Waals surface area contributed by atoms with E-state index in [0.29, 0.717) is 45.6 Å². The number of aromatic amines is 1. The number of phenols is 1. The van der Waals surface area contributed by atoms with Gasteiger partial charge in [-0.1, -0.05) is 41.6 Å². The van der Waals surface area contributed by atoms with Crippen LogP contribution >= 0.6 is 0 Å². The first-order valence-electron chi connectivity index (χ1n) is 12.5. The molecule has 40 heavy (non-hydrogen) atoms. The summed E-state index contributed by atoms with van der Waals surface area (Å²) in [5, 5.41) is 17.5. The standard InChI is InChI=1S/C30H24N6O4/c1-17(29-35-26(36-40-29)18-7-4-3-5-8-18)32-28(38)20-10-12-23-24(16-20)34-27(33-23)22-15-19(11-13-25(22)37)21-9-6-14-31-30(21)39-2/h3-17,37H,1-2H3,(H,32,38)(H,33,34). The first-order chi connectivity index (χ1) is 19.5. The fourth-order valence-electron chi connectivity index (χ4n) is 4.40. The summed E-state index contributed by atoms with van der Waals surface area (Å²) in [6.07, 6.45) is 1.65. The second-order valence-corrected chi connectivity index (χ2v) is 9.13. The molecule has 0 aliphatic carbocycles. The lowest BCUT2D eigenvalue weighted by Gasteiger charge is -2.09. The number of H-pyrrole nitrogens is 1. The number of carbonyl (C=O) groups is 1. The Kier molecular flexibility index (Phi) is 6.41. The molecule has 198 valence electrons. The molecule has 6 rings (SSSR count). The number of hydrogen-bond donors (Lipinski definition) is 3. The van der Waals surface area contributed by atoms with Gasteiger partial charge in [-0.2, -0.15) is 4.98 Å². The molecule has 0 spiro atoms. The summed E-state index contributed by atoms with van der Waals surface area (Å²) >= 11 is 0. The van der Waals surface area contributed by atoms with Crippen molar-refractivity contribution in [1.82, 2.24) is 30.4 Å². The average Bonchev–Trinajstić information content (AvgIpc) is 3.65. The molecule has 1 atom stereocenters. The van der Waals surface area contributed by atoms with Crippen molar-refractivity contribution in [3.63, 3.8) is 0 Å². The van der Waals surface area contributed by atoms with Crippen molar-refractivity contribution in [1.29, 1.82) is 0 Å². The van der Waals surface area contributed by atoms with Gasteiger partial charge >= 0.3 is 0 Å². The molecular formula is C30H24N6O4. The average molecular weight is 533 g/mol. The highest BCUT2D eigenvalue weighted by Crippen LogP contribution is 2.35. The van der Waals surface area contributed by atoms with Crippen LogP contribution in [-0.4, -0.2) is 43.2 Å². The van der Waals surface area contributed by atoms with Gasteiger partial charge in [-0.15, -0.1) is 0 Å². The van der Waals surface area contributed by atoms with E-state index < -0.39 is 6.04 Å². The van der Waals surface area contributed by atoms with Gasteiger partial charge < -0.3 is 24.7 Å². The van der Waals surface area contributed by atoms with Crippen LogP contribution in [0.5, 0.6) is 11.6 Å². The zero-order chi connectivity index (χ0) is 27.6. The van der Waals surface area contributed by atoms with E-state index in [9.17, 15) is 9.90 Å². The van der Waals surface area contributed by atoms with Crippen LogP contribution in [0.15, 0.2) is 89.6 Å². The molecule has 0 fully saturated rings. The fraction of sp³-hybridized carbons (Fsp3) is 0.100. The second kappa shape index (κ2) is 10.3. The molecule has 1 amide bonds. The fourth-order valence-corrected chi connectivity index (χ4v) is 4.40. The van der Waals surface area contributed by atoms with Crippen LogP contribution in [0.2, 0.25) is 0 Å². The number of hydrogen-bond acceptors (Lipinski definition) is 8. The normalized spacial score (nSPS) is 11.8. The van der Waals surface area contributed by atoms with Crippen molar-refractivity contribution in [3.05, 3.63) is 96.5 Å². The number of methoxy groups -OCH3 is 1. The van der Waals surface area contributed by atoms with Crippen molar-refractivity contribution in [3.8, 4) is 45.5 Å². The Morgan fingerprint density at radius 1 is 0.975 bits per heavy atom. The van der Waals surface area contributed by atoms with Gasteiger partial charge in [0.15, 0.2) is 0 Å². The third-order valence-electron chi connectivity index (χ3n) is 6.46. The van der Waals surface area contributed by atoms with Gasteiger partial charge in [-0.25, -0.2) is 9.97 Å². The van der Waals surface area contributed by atoms with Crippen LogP contribution in [0.25, 0.3) is 44.9 Å². The summed E-state index contributed by atoms with van der Waals surface area (Å²) in [5.74, 6) is 1.45. The zero-order valence-electron chi connectivity index (χ0n) is 21.6. The molecule has 1 unspecified atom stereocenters. The third kappa shape index (κ3) is 4.73. The lowest BCUT2D eigenvalue weighted by Crippen LogP contribution is -2.26. The van der Waals surface area contributed by atoms with Crippen molar-refractivity contribution >= 4 is 16.9 Å². The van der Waals surface area contributed by atoms with Crippen LogP contribution < -0.4 is 10.1 Å². The molecule has 10 nitrogen and oxygen atoms in total. The molecule has 3 aromatic heterocycles. The smallest absolute Gasteiger partial charge is 0.251 e. The van der Waals surface area contributed by atoms with E-state index in [2.05, 4.69) is 30.4 Å². The Bertz CT molecular complexity index is 1830. The van der Waals surface area contributed by atoms with E-state index in [1.807, 2.05) is 48.5 Å². The van der Waals surface area contributed by atoms with Gasteiger partial charge in [0.05, 0.1) is 23.7 Å². The summed E-state index contributed by atoms with van der Waals surface area (Å²) in [6, 6.07) is 23.0. The van der Waals surface area contributed by atoms with Crippen LogP contribution in [0.3, 0.4) is 0 Å². The summed E-state index contributed by atoms with van der Waals surface area (Å²) in [6.45, 7) is 1.78. The maximum atomic E-state index is 13.0. The quantitative estimate of drug-likeness (QED) is 0.243. The number of ether oxygens (including phenoxy) is 1. The zero-order valence-corrected chi connectivity index (χ0v) is 21.6. The number of aromatic nitrogens is 5. The molecule has 3 N–H and O–H groups in total. The minimum atomic E-state index is -0.505. The molecular weight excluding hydrogens is 508 g/mol. The van der Waals surface area contributed by atoms with E-state index in [1.165, 1.54) is 0 Å². The van der Waals surface area contributed by atoms with Gasteiger partial charge in [0.1, 0.15) is 17.6 Å². The number of rotatable bonds is 7. The van der Waals surface area contributed by atoms with Gasteiger partial charge in [0.2, 0.25) is 17.6 Å². The van der Waals surface area contributed by atoms with Crippen LogP contribution in [0.1, 0.15) is 29.2 Å². The lowest BCUT2D eigenvalue weighted by molar-refractivity contribution is 0.0932. The van der Waals surface area contributed by atoms with Crippen molar-refractivity contribution in [2.75, 3.05) is 7.11 Å². The molecule has 0 aliphatic rings. The van der Waals surface area contributed by atoms with Crippen LogP contribution in [0, 0.1) is 0 Å². The third-order valence-corrected chi connectivity index (χ3v) is 6.46. The molecule has 3 heterocycles. The van der Waals surface area contributed by atoms with E-state index in [-0.39, 0.29) is 11.7 Å². The topological polar surface area (TPSA) is 139 Å². The number of amides is 1. The molecule has 0 saturated carbocycles. The molecule has 0 saturated heterocycles. The molecule has 0 radical (unpaired) electrons. The Labute approximate surface area is 228 Å². The number of benzene rings is 3. The largest absolute Gasteiger partial charge is 0.507 e. The predicted molar refractivity (Wildman–Crippen MR) is 149 cm³/mol. The predicted octanol–water partition coefficient (Wildman–Crippen LogP) is 5.55. The highest BCUT2D eigenvalue weighted by atomic mass is 16.5. The van der Waals surface area contributed by atoms with Gasteiger partial charge in [0, 0.05) is 22.9 Å². The van der Waals surface area contributed by atoms with Gasteiger partial charge in [0.25, 0.3) is 5.91 Å². The first kappa shape index (κ1) is 24.8. The van der Waals surface area contributed by atoms with E-state index in [0.717, 1.165) is 16.7 Å². The van der Waals surface area contributed by atoms with Gasteiger partial charge in [-0.3, -0.25) is 4.79 Å². The molecule has 10 heteroatoms. The van der Waals surface area contributed by atoms with Crippen LogP contribution in [0.4, 0.5) is 0 Å². The number of pyridine rings is 1. The number of fused-ring (bicyclic) bond motifs is 1. The number of nitrogens with zero attached hydrogens (tertiary/aromatic N) is 4. The van der Waals surface area contributed by atoms with E-state index in [4.69, 9.17) is 9.26 Å². The summed E-state index contributed by atoms with van der Waals surface area (Å²) in [4.78, 5) is 29.6. The second-order valence-electron chi connectivity index (χ2n) is 9.13. The summed E-state index contributed by atoms with van der Waals surface area (Å²) < 4.78 is 10.8. The van der Waals surface area contributed by atoms with Crippen molar-refractivity contribution < 1.29 is 19.2 Å². The number of carbonyl (C=O) groups excluding carboxylic acids is 1. The van der Waals surface area contributed by atoms with Crippen molar-refractivity contribution in [2.45, 2.75) is 13.0 Å². The highest BCUT2D eigenvalue weighted by Gasteiger charge is 2.19. The Balaban J connectivity index is 1.24. The van der Waals surface area contributed by atoms with Gasteiger partial charge in [-0.05, 0) is 55.0 Å². The number of imidazole rings is 1. The number of nitrogens with one attached hydrogen (secondary N) is 2. The Morgan fingerprint density at radius 3 is 2.65 bits per heavy atom. The molecule has 0 aliphatic heterocycles. The van der Waals surface area contributed by atoms with Crippen LogP contribution in [-0.2, 0) is 0 Å². The first-order valence-corrected chi connectivity index (χ1v) is 12.5. The monoisotopic (exact) mass is 532 g/mol. The summed E-state index contributed by atoms with van der Waals surface area (Å²) in [7, 11) is 1.56. The lowest BCUT2D eigenvalue weighted by atomic mass is 10.0. The Morgan fingerprint density at radius 2 is 1.82 bits per heavy atom. The van der Waals surface area contributed by atoms with Crippen molar-refractivity contribution in [2.24, 2.45) is 0 Å². The van der Waals surface area contributed by atoms with E-state index >= 15 is 0 Å². The molecule has 3 aromatic carbocycles. The molecule has 0 bridgehead atoms. The minimum Gasteiger partial charge on any atom is -0.507 e. The minimum absolute atomic E-state index is 0.0619. The number of phenolic OH excluding ortho intramolecular Hbond substituents is 1. The Hall–Kier alpha value is -5.51. The maximum Gasteiger partial charge on any atom is 0.251 e.